The fourth-order valence-electron chi connectivity index (χ4n) is 8.35. The summed E-state index contributed by atoms with van der Waals surface area (Å²) in [6.45, 7) is 4.43. The maximum Gasteiger partial charge on any atom is 0.252 e. The minimum Gasteiger partial charge on any atom is -0.311 e. The average molecular weight is 666 g/mol. The first-order valence-electron chi connectivity index (χ1n) is 18.1. The van der Waals surface area contributed by atoms with E-state index in [1.54, 1.807) is 0 Å². The molecule has 0 bridgehead atoms. The van der Waals surface area contributed by atoms with Crippen LogP contribution in [0.15, 0.2) is 182 Å². The van der Waals surface area contributed by atoms with Crippen LogP contribution in [-0.4, -0.2) is 6.71 Å². The minimum atomic E-state index is 0.0673. The predicted octanol–water partition coefficient (Wildman–Crippen LogP) is 11.0. The van der Waals surface area contributed by atoms with Crippen LogP contribution < -0.4 is 31.1 Å². The van der Waals surface area contributed by atoms with Gasteiger partial charge in [-0.3, -0.25) is 0 Å². The highest BCUT2D eigenvalue weighted by atomic mass is 15.2. The fourth-order valence-corrected chi connectivity index (χ4v) is 8.35. The quantitative estimate of drug-likeness (QED) is 0.169. The number of hydrogen-bond donors (Lipinski definition) is 0. The van der Waals surface area contributed by atoms with Crippen molar-refractivity contribution in [1.29, 1.82) is 0 Å². The molecule has 0 spiro atoms. The second-order valence-corrected chi connectivity index (χ2v) is 14.0. The van der Waals surface area contributed by atoms with Crippen LogP contribution in [0.25, 0.3) is 10.8 Å². The van der Waals surface area contributed by atoms with Gasteiger partial charge in [-0.05, 0) is 120 Å². The van der Waals surface area contributed by atoms with Crippen LogP contribution >= 0.6 is 0 Å². The smallest absolute Gasteiger partial charge is 0.252 e. The highest BCUT2D eigenvalue weighted by Gasteiger charge is 2.43. The standard InChI is InChI=1S/C48H36BN3/c1-33-20-24-39(25-21-33)51-44-29-22-34(2)30-43(44)49-42-28-27-41(32-47(42)52(38-16-7-4-8-17-38)46-19-11-18-45(51)48(46)49)50(37-14-5-3-6-15-37)40-26-23-35-12-9-10-13-36(35)31-40/h3-32H,1-2H3. The van der Waals surface area contributed by atoms with Crippen LogP contribution in [0.2, 0.25) is 0 Å². The lowest BCUT2D eigenvalue weighted by molar-refractivity contribution is 1.24. The third kappa shape index (κ3) is 4.83. The zero-order valence-electron chi connectivity index (χ0n) is 29.2. The molecule has 10 rings (SSSR count). The van der Waals surface area contributed by atoms with Crippen LogP contribution in [0.4, 0.5) is 51.2 Å². The summed E-state index contributed by atoms with van der Waals surface area (Å²) in [7, 11) is 0. The van der Waals surface area contributed by atoms with Crippen LogP contribution in [0.5, 0.6) is 0 Å². The van der Waals surface area contributed by atoms with E-state index in [1.807, 2.05) is 0 Å². The van der Waals surface area contributed by atoms with Crippen LogP contribution in [-0.2, 0) is 0 Å². The topological polar surface area (TPSA) is 9.72 Å². The summed E-state index contributed by atoms with van der Waals surface area (Å²) < 4.78 is 0. The maximum absolute atomic E-state index is 2.48. The van der Waals surface area contributed by atoms with Crippen molar-refractivity contribution in [2.75, 3.05) is 14.7 Å². The summed E-state index contributed by atoms with van der Waals surface area (Å²) in [4.78, 5) is 7.33. The van der Waals surface area contributed by atoms with Gasteiger partial charge in [-0.2, -0.15) is 0 Å². The molecule has 2 aliphatic rings. The summed E-state index contributed by atoms with van der Waals surface area (Å²) in [5.41, 5.74) is 17.0. The lowest BCUT2D eigenvalue weighted by Gasteiger charge is -2.44. The van der Waals surface area contributed by atoms with E-state index < -0.39 is 0 Å². The number of nitrogens with zero attached hydrogens (tertiary/aromatic N) is 3. The Morgan fingerprint density at radius 1 is 0.385 bits per heavy atom. The molecule has 8 aromatic rings. The average Bonchev–Trinajstić information content (AvgIpc) is 3.19. The zero-order chi connectivity index (χ0) is 34.8. The SMILES string of the molecule is Cc1ccc(N2c3ccc(C)cc3B3c4ccc(N(c5ccccc5)c5ccc6ccccc6c5)cc4N(c4ccccc4)c4cccc2c43)cc1. The summed E-state index contributed by atoms with van der Waals surface area (Å²) in [6.07, 6.45) is 0. The van der Waals surface area contributed by atoms with Crippen molar-refractivity contribution in [3.63, 3.8) is 0 Å². The molecular formula is C48H36BN3. The molecule has 2 aliphatic heterocycles. The van der Waals surface area contributed by atoms with E-state index in [9.17, 15) is 0 Å². The third-order valence-corrected chi connectivity index (χ3v) is 10.7. The highest BCUT2D eigenvalue weighted by molar-refractivity contribution is 7.00. The number of fused-ring (bicyclic) bond motifs is 5. The monoisotopic (exact) mass is 665 g/mol. The third-order valence-electron chi connectivity index (χ3n) is 10.7. The van der Waals surface area contributed by atoms with Crippen molar-refractivity contribution in [1.82, 2.24) is 0 Å². The van der Waals surface area contributed by atoms with Gasteiger partial charge < -0.3 is 14.7 Å². The van der Waals surface area contributed by atoms with E-state index in [1.165, 1.54) is 66.7 Å². The van der Waals surface area contributed by atoms with E-state index in [-0.39, 0.29) is 6.71 Å². The first-order chi connectivity index (χ1) is 25.6. The van der Waals surface area contributed by atoms with E-state index >= 15 is 0 Å². The molecule has 0 saturated carbocycles. The fraction of sp³-hybridized carbons (Fsp3) is 0.0417. The Labute approximate surface area is 305 Å². The molecule has 4 heteroatoms. The van der Waals surface area contributed by atoms with Crippen molar-refractivity contribution in [3.05, 3.63) is 193 Å². The van der Waals surface area contributed by atoms with Gasteiger partial charge in [0.25, 0.3) is 6.71 Å². The summed E-state index contributed by atoms with van der Waals surface area (Å²) in [5.74, 6) is 0. The van der Waals surface area contributed by atoms with Gasteiger partial charge in [-0.15, -0.1) is 0 Å². The first-order valence-corrected chi connectivity index (χ1v) is 18.1. The van der Waals surface area contributed by atoms with Gasteiger partial charge in [-0.1, -0.05) is 114 Å². The van der Waals surface area contributed by atoms with E-state index in [4.69, 9.17) is 0 Å². The molecular weight excluding hydrogens is 629 g/mol. The Morgan fingerprint density at radius 2 is 1.00 bits per heavy atom. The normalized spacial score (nSPS) is 12.7. The number of para-hydroxylation sites is 2. The number of anilines is 9. The Balaban J connectivity index is 1.23. The predicted molar refractivity (Wildman–Crippen MR) is 222 cm³/mol. The van der Waals surface area contributed by atoms with Gasteiger partial charge in [-0.25, -0.2) is 0 Å². The largest absolute Gasteiger partial charge is 0.311 e. The molecule has 0 aliphatic carbocycles. The number of rotatable bonds is 5. The van der Waals surface area contributed by atoms with Gasteiger partial charge in [0.2, 0.25) is 0 Å². The lowest BCUT2D eigenvalue weighted by Crippen LogP contribution is -2.61. The molecule has 8 aromatic carbocycles. The second kappa shape index (κ2) is 12.1. The molecule has 0 radical (unpaired) electrons. The number of hydrogen-bond acceptors (Lipinski definition) is 3. The number of benzene rings is 8. The maximum atomic E-state index is 2.48. The van der Waals surface area contributed by atoms with Gasteiger partial charge >= 0.3 is 0 Å². The first kappa shape index (κ1) is 30.3. The van der Waals surface area contributed by atoms with Gasteiger partial charge in [0.1, 0.15) is 0 Å². The van der Waals surface area contributed by atoms with E-state index in [2.05, 4.69) is 211 Å². The number of aryl methyl sites for hydroxylation is 2. The van der Waals surface area contributed by atoms with Crippen LogP contribution in [0.3, 0.4) is 0 Å². The molecule has 0 amide bonds. The molecule has 2 heterocycles. The van der Waals surface area contributed by atoms with Crippen molar-refractivity contribution in [2.45, 2.75) is 13.8 Å². The molecule has 0 aromatic heterocycles. The molecule has 246 valence electrons. The Morgan fingerprint density at radius 3 is 1.77 bits per heavy atom. The minimum absolute atomic E-state index is 0.0673. The van der Waals surface area contributed by atoms with Crippen molar-refractivity contribution in [3.8, 4) is 0 Å². The van der Waals surface area contributed by atoms with Gasteiger partial charge in [0.15, 0.2) is 0 Å². The van der Waals surface area contributed by atoms with Crippen molar-refractivity contribution in [2.24, 2.45) is 0 Å². The van der Waals surface area contributed by atoms with E-state index in [0.717, 1.165) is 22.7 Å². The summed E-state index contributed by atoms with van der Waals surface area (Å²) in [6, 6.07) is 66.8. The molecule has 0 atom stereocenters. The Bertz CT molecular complexity index is 2620. The van der Waals surface area contributed by atoms with Crippen molar-refractivity contribution < 1.29 is 0 Å². The van der Waals surface area contributed by atoms with Crippen LogP contribution in [0, 0.1) is 13.8 Å². The molecule has 0 fully saturated rings. The lowest BCUT2D eigenvalue weighted by atomic mass is 9.33. The molecule has 52 heavy (non-hydrogen) atoms. The van der Waals surface area contributed by atoms with Crippen molar-refractivity contribution >= 4 is 85.1 Å². The van der Waals surface area contributed by atoms with E-state index in [0.29, 0.717) is 0 Å². The molecule has 0 unspecified atom stereocenters. The van der Waals surface area contributed by atoms with Crippen LogP contribution in [0.1, 0.15) is 11.1 Å². The summed E-state index contributed by atoms with van der Waals surface area (Å²) in [5, 5.41) is 2.46. The molecule has 0 saturated heterocycles. The van der Waals surface area contributed by atoms with Gasteiger partial charge in [0, 0.05) is 51.2 Å². The zero-order valence-corrected chi connectivity index (χ0v) is 29.2. The Hall–Kier alpha value is -6.52. The highest BCUT2D eigenvalue weighted by Crippen LogP contribution is 2.46. The molecule has 0 N–H and O–H groups in total. The second-order valence-electron chi connectivity index (χ2n) is 14.0. The molecule has 3 nitrogen and oxygen atoms in total. The van der Waals surface area contributed by atoms with Gasteiger partial charge in [0.05, 0.1) is 0 Å². The Kier molecular flexibility index (Phi) is 7.04. The summed E-state index contributed by atoms with van der Waals surface area (Å²) >= 11 is 0.